The number of methoxy groups -OCH3 is 1. The van der Waals surface area contributed by atoms with Crippen LogP contribution in [-0.4, -0.2) is 127 Å². The third kappa shape index (κ3) is 13.8. The highest BCUT2D eigenvalue weighted by atomic mass is 35.5. The molecule has 2 bridgehead atoms. The van der Waals surface area contributed by atoms with Crippen molar-refractivity contribution in [3.8, 4) is 33.6 Å². The molecule has 4 saturated heterocycles. The van der Waals surface area contributed by atoms with E-state index in [0.717, 1.165) is 84.3 Å². The Hall–Kier alpha value is -6.08. The lowest BCUT2D eigenvalue weighted by atomic mass is 9.97. The number of hydrogen-bond donors (Lipinski definition) is 4. The molecule has 4 fully saturated rings. The molecule has 0 saturated carbocycles. The van der Waals surface area contributed by atoms with E-state index in [-0.39, 0.29) is 85.1 Å². The molecule has 0 radical (unpaired) electrons. The number of nitrogens with one attached hydrogen (secondary N) is 3. The first-order valence-electron chi connectivity index (χ1n) is 26.9. The summed E-state index contributed by atoms with van der Waals surface area (Å²) in [6, 6.07) is 14.4. The molecule has 16 nitrogen and oxygen atoms in total. The third-order valence-electron chi connectivity index (χ3n) is 14.3. The SMILES string of the molecule is CC(C)C.COc1nc(N2CC3CCC(C2)N3)c2cc(Cl)c(-c3ccc(F)c4sc(N)c(C#N)c34)c(F)c2n1.Cc1ncsc1-c1ccc([C@H](C)NC(=O)[C@@H]2CCCN2C(=O)CNC(=O)CCOCCCN2CCCC2)cc1. The number of nitriles is 1. The van der Waals surface area contributed by atoms with Crippen LogP contribution in [0.1, 0.15) is 102 Å². The number of anilines is 2. The lowest BCUT2D eigenvalue weighted by Crippen LogP contribution is -2.51. The quantitative estimate of drug-likeness (QED) is 0.0668. The first-order valence-corrected chi connectivity index (χ1v) is 28.9. The number of hydrogen-bond acceptors (Lipinski definition) is 15. The van der Waals surface area contributed by atoms with Crippen LogP contribution in [0.15, 0.2) is 48.0 Å². The lowest BCUT2D eigenvalue weighted by molar-refractivity contribution is -0.139. The number of thiazole rings is 1. The van der Waals surface area contributed by atoms with E-state index >= 15 is 4.39 Å². The summed E-state index contributed by atoms with van der Waals surface area (Å²) in [6.07, 6.45) is 7.29. The predicted molar refractivity (Wildman–Crippen MR) is 306 cm³/mol. The number of benzene rings is 3. The van der Waals surface area contributed by atoms with E-state index in [1.807, 2.05) is 49.7 Å². The first kappa shape index (κ1) is 58.1. The van der Waals surface area contributed by atoms with Gasteiger partial charge in [0.2, 0.25) is 17.7 Å². The van der Waals surface area contributed by atoms with Gasteiger partial charge in [0, 0.05) is 67.6 Å². The topological polar surface area (TPSA) is 204 Å². The van der Waals surface area contributed by atoms with Gasteiger partial charge in [-0.25, -0.2) is 13.8 Å². The molecule has 0 spiro atoms. The van der Waals surface area contributed by atoms with Crippen molar-refractivity contribution in [2.75, 3.05) is 76.8 Å². The number of rotatable bonds is 16. The maximum atomic E-state index is 16.3. The lowest BCUT2D eigenvalue weighted by Gasteiger charge is -2.34. The number of carbonyl (C=O) groups is 3. The molecule has 6 aromatic rings. The predicted octanol–water partition coefficient (Wildman–Crippen LogP) is 9.80. The minimum absolute atomic E-state index is 0.0190. The average Bonchev–Trinajstić information content (AvgIpc) is 4.35. The summed E-state index contributed by atoms with van der Waals surface area (Å²) in [5.74, 6) is -0.463. The average molecular weight is 1130 g/mol. The van der Waals surface area contributed by atoms with Crippen molar-refractivity contribution < 1.29 is 32.6 Å². The molecule has 2 unspecified atom stereocenters. The smallest absolute Gasteiger partial charge is 0.318 e. The van der Waals surface area contributed by atoms with Crippen molar-refractivity contribution in [3.05, 3.63) is 81.5 Å². The Morgan fingerprint density at radius 3 is 2.37 bits per heavy atom. The summed E-state index contributed by atoms with van der Waals surface area (Å²) >= 11 is 9.23. The number of carbonyl (C=O) groups excluding carboxylic acids is 3. The van der Waals surface area contributed by atoms with Gasteiger partial charge < -0.3 is 45.9 Å². The van der Waals surface area contributed by atoms with E-state index < -0.39 is 17.7 Å². The van der Waals surface area contributed by atoms with Crippen molar-refractivity contribution in [1.82, 2.24) is 40.7 Å². The van der Waals surface area contributed by atoms with Gasteiger partial charge in [-0.05, 0) is 107 Å². The zero-order valence-electron chi connectivity index (χ0n) is 45.2. The Morgan fingerprint density at radius 1 is 0.987 bits per heavy atom. The first-order chi connectivity index (χ1) is 37.5. The minimum Gasteiger partial charge on any atom is -0.467 e. The number of nitrogens with two attached hydrogens (primary N) is 1. The fourth-order valence-electron chi connectivity index (χ4n) is 10.5. The maximum Gasteiger partial charge on any atom is 0.318 e. The summed E-state index contributed by atoms with van der Waals surface area (Å²) in [5, 5.41) is 19.9. The second kappa shape index (κ2) is 26.7. The van der Waals surface area contributed by atoms with Crippen LogP contribution in [0.25, 0.3) is 42.6 Å². The Morgan fingerprint density at radius 2 is 1.71 bits per heavy atom. The molecular formula is C57H70ClF2N11O5S2. The standard InChI is InChI=1S/C29H41N5O4S.C24H19ClF2N6OS.C4H10/c1-21(23-8-10-24(11-9-23)28-22(2)31-20-39-28)32-29(37)25-7-5-16-34(25)27(36)19-30-26(35)12-18-38-17-6-15-33-13-3-4-14-33;1-34-24-31-20-13(23(32-24)33-8-10-2-3-11(9-33)30-10)6-15(25)18(19(20)27)12-4-5-16(26)21-17(12)14(7-28)22(29)35-21;1-4(2)3/h8-11,20-21,25H,3-7,12-19H2,1-2H3,(H,30,35)(H,32,37);4-6,10-11,30H,2-3,8-9,29H2,1H3;4H,1-3H3/t21-,25-;;/m0../s1. The van der Waals surface area contributed by atoms with E-state index in [1.165, 1.54) is 45.2 Å². The van der Waals surface area contributed by atoms with E-state index in [9.17, 15) is 24.0 Å². The van der Waals surface area contributed by atoms with Gasteiger partial charge in [-0.1, -0.05) is 62.7 Å². The zero-order valence-corrected chi connectivity index (χ0v) is 47.6. The molecule has 416 valence electrons. The fourth-order valence-corrected chi connectivity index (χ4v) is 12.5. The minimum atomic E-state index is -0.700. The van der Waals surface area contributed by atoms with Gasteiger partial charge in [-0.15, -0.1) is 22.7 Å². The molecule has 3 aromatic carbocycles. The highest BCUT2D eigenvalue weighted by Crippen LogP contribution is 2.46. The summed E-state index contributed by atoms with van der Waals surface area (Å²) < 4.78 is 41.9. The highest BCUT2D eigenvalue weighted by molar-refractivity contribution is 7.23. The van der Waals surface area contributed by atoms with Gasteiger partial charge in [0.1, 0.15) is 34.3 Å². The maximum absolute atomic E-state index is 16.3. The normalized spacial score (nSPS) is 18.3. The molecule has 5 N–H and O–H groups in total. The number of nitrogens with zero attached hydrogens (tertiary/aromatic N) is 7. The second-order valence-corrected chi connectivity index (χ2v) is 23.2. The molecule has 10 rings (SSSR count). The molecule has 21 heteroatoms. The fraction of sp³-hybridized carbons (Fsp3) is 0.491. The Balaban J connectivity index is 0.000000193. The summed E-state index contributed by atoms with van der Waals surface area (Å²) in [7, 11) is 1.43. The molecule has 4 aliphatic heterocycles. The van der Waals surface area contributed by atoms with Crippen LogP contribution < -0.4 is 31.3 Å². The highest BCUT2D eigenvalue weighted by Gasteiger charge is 2.36. The second-order valence-electron chi connectivity index (χ2n) is 20.9. The molecule has 3 amide bonds. The molecule has 78 heavy (non-hydrogen) atoms. The zero-order chi connectivity index (χ0) is 55.6. The molecule has 3 aromatic heterocycles. The van der Waals surface area contributed by atoms with Crippen LogP contribution in [0.4, 0.5) is 19.6 Å². The number of aromatic nitrogens is 3. The van der Waals surface area contributed by atoms with Gasteiger partial charge in [0.15, 0.2) is 5.82 Å². The van der Waals surface area contributed by atoms with Crippen LogP contribution in [0.5, 0.6) is 6.01 Å². The van der Waals surface area contributed by atoms with E-state index in [0.29, 0.717) is 49.5 Å². The van der Waals surface area contributed by atoms with Crippen molar-refractivity contribution in [2.24, 2.45) is 5.92 Å². The van der Waals surface area contributed by atoms with Gasteiger partial charge in [0.05, 0.1) is 57.7 Å². The number of fused-ring (bicyclic) bond motifs is 4. The van der Waals surface area contributed by atoms with Crippen molar-refractivity contribution >= 4 is 83.8 Å². The van der Waals surface area contributed by atoms with E-state index in [2.05, 4.69) is 61.5 Å². The van der Waals surface area contributed by atoms with Crippen molar-refractivity contribution in [3.63, 3.8) is 0 Å². The summed E-state index contributed by atoms with van der Waals surface area (Å²) in [5.41, 5.74) is 11.3. The van der Waals surface area contributed by atoms with Crippen LogP contribution in [-0.2, 0) is 19.1 Å². The molecule has 4 aliphatic rings. The van der Waals surface area contributed by atoms with Crippen LogP contribution >= 0.6 is 34.3 Å². The Labute approximate surface area is 468 Å². The summed E-state index contributed by atoms with van der Waals surface area (Å²) in [4.78, 5) is 58.5. The van der Waals surface area contributed by atoms with Gasteiger partial charge >= 0.3 is 6.01 Å². The number of piperazine rings is 1. The third-order valence-corrected chi connectivity index (χ3v) is 16.6. The van der Waals surface area contributed by atoms with Crippen molar-refractivity contribution in [1.29, 1.82) is 5.26 Å². The monoisotopic (exact) mass is 1130 g/mol. The number of ether oxygens (including phenoxy) is 2. The summed E-state index contributed by atoms with van der Waals surface area (Å²) in [6.45, 7) is 16.7. The molecular weight excluding hydrogens is 1060 g/mol. The van der Waals surface area contributed by atoms with E-state index in [4.69, 9.17) is 26.8 Å². The van der Waals surface area contributed by atoms with Crippen LogP contribution in [0.3, 0.4) is 0 Å². The van der Waals surface area contributed by atoms with Gasteiger partial charge in [-0.3, -0.25) is 14.4 Å². The number of halogens is 3. The molecule has 4 atom stereocenters. The number of amides is 3. The Kier molecular flexibility index (Phi) is 19.9. The number of likely N-dealkylation sites (tertiary alicyclic amines) is 2. The molecule has 0 aliphatic carbocycles. The number of thiophene rings is 1. The number of aryl methyl sites for hydroxylation is 1. The van der Waals surface area contributed by atoms with Crippen molar-refractivity contribution in [2.45, 2.75) is 110 Å². The molecule has 7 heterocycles. The van der Waals surface area contributed by atoms with E-state index in [1.54, 1.807) is 22.3 Å². The Bertz CT molecular complexity index is 3110. The van der Waals surface area contributed by atoms with Crippen LogP contribution in [0, 0.1) is 35.8 Å². The van der Waals surface area contributed by atoms with Crippen LogP contribution in [0.2, 0.25) is 5.02 Å². The number of nitrogen functional groups attached to an aromatic ring is 1. The largest absolute Gasteiger partial charge is 0.467 e. The van der Waals surface area contributed by atoms with Gasteiger partial charge in [0.25, 0.3) is 0 Å². The van der Waals surface area contributed by atoms with Gasteiger partial charge in [-0.2, -0.15) is 15.2 Å².